The van der Waals surface area contributed by atoms with Crippen LogP contribution in [0.5, 0.6) is 0 Å². The molecule has 1 unspecified atom stereocenters. The van der Waals surface area contributed by atoms with E-state index in [0.717, 1.165) is 6.42 Å². The maximum atomic E-state index is 8.85. The van der Waals surface area contributed by atoms with Crippen LogP contribution in [-0.4, -0.2) is 25.2 Å². The summed E-state index contributed by atoms with van der Waals surface area (Å²) in [6.07, 6.45) is 0.293. The van der Waals surface area contributed by atoms with Crippen LogP contribution in [0.3, 0.4) is 0 Å². The predicted octanol–water partition coefficient (Wildman–Crippen LogP) is -0.680. The van der Waals surface area contributed by atoms with Gasteiger partial charge in [-0.05, 0) is 5.92 Å². The number of rotatable bonds is 0. The van der Waals surface area contributed by atoms with Crippen LogP contribution in [0.2, 0.25) is 0 Å². The second-order valence-corrected chi connectivity index (χ2v) is 2.51. The maximum absolute atomic E-state index is 8.85. The van der Waals surface area contributed by atoms with Gasteiger partial charge in [-0.2, -0.15) is 0 Å². The molecule has 0 bridgehead atoms. The molecule has 0 aromatic rings. The molecule has 0 aromatic carbocycles. The van der Waals surface area contributed by atoms with Crippen molar-refractivity contribution in [3.8, 4) is 0 Å². The number of ether oxygens (including phenoxy) is 1. The van der Waals surface area contributed by atoms with Gasteiger partial charge in [0.05, 0.1) is 0 Å². The van der Waals surface area contributed by atoms with E-state index in [9.17, 15) is 0 Å². The predicted molar refractivity (Wildman–Crippen MR) is 33.2 cm³/mol. The van der Waals surface area contributed by atoms with Crippen molar-refractivity contribution in [1.29, 1.82) is 0 Å². The summed E-state index contributed by atoms with van der Waals surface area (Å²) in [5.74, 6) is 0.519. The molecule has 1 rings (SSSR count). The van der Waals surface area contributed by atoms with E-state index in [1.807, 2.05) is 7.85 Å². The third kappa shape index (κ3) is 1.04. The summed E-state index contributed by atoms with van der Waals surface area (Å²) in [6, 6.07) is 0.241. The smallest absolute Gasteiger partial charge is 0.154 e. The quantitative estimate of drug-likeness (QED) is 0.423. The zero-order chi connectivity index (χ0) is 6.15. The lowest BCUT2D eigenvalue weighted by molar-refractivity contribution is -0.0704. The summed E-state index contributed by atoms with van der Waals surface area (Å²) < 4.78 is 5.03. The number of hydrogen-bond acceptors (Lipinski definition) is 2. The van der Waals surface area contributed by atoms with Gasteiger partial charge < -0.3 is 9.84 Å². The summed E-state index contributed by atoms with van der Waals surface area (Å²) in [4.78, 5) is 0. The lowest BCUT2D eigenvalue weighted by Crippen LogP contribution is -2.13. The van der Waals surface area contributed by atoms with Crippen LogP contribution in [0.15, 0.2) is 0 Å². The van der Waals surface area contributed by atoms with Gasteiger partial charge in [0, 0.05) is 12.4 Å². The molecule has 46 valence electrons. The Morgan fingerprint density at radius 1 is 1.75 bits per heavy atom. The highest BCUT2D eigenvalue weighted by Crippen LogP contribution is 2.21. The molecule has 0 spiro atoms. The van der Waals surface area contributed by atoms with Crippen molar-refractivity contribution in [2.75, 3.05) is 0 Å². The van der Waals surface area contributed by atoms with Crippen LogP contribution in [0.25, 0.3) is 0 Å². The van der Waals surface area contributed by atoms with E-state index in [4.69, 9.17) is 9.84 Å². The molecule has 1 aliphatic heterocycles. The van der Waals surface area contributed by atoms with Crippen LogP contribution in [0.4, 0.5) is 0 Å². The van der Waals surface area contributed by atoms with Crippen molar-refractivity contribution >= 4 is 7.85 Å². The molecular weight excluding hydrogens is 103 g/mol. The maximum Gasteiger partial charge on any atom is 0.154 e. The Hall–Kier alpha value is -0.0151. The molecule has 1 fully saturated rings. The van der Waals surface area contributed by atoms with Crippen molar-refractivity contribution < 1.29 is 9.84 Å². The molecule has 0 amide bonds. The van der Waals surface area contributed by atoms with E-state index in [1.165, 1.54) is 0 Å². The van der Waals surface area contributed by atoms with Gasteiger partial charge in [-0.15, -0.1) is 0 Å². The Bertz CT molecular complexity index is 76.5. The molecule has 0 aromatic heterocycles. The van der Waals surface area contributed by atoms with E-state index in [1.54, 1.807) is 0 Å². The number of aliphatic hydroxyl groups is 1. The normalized spacial score (nSPS) is 47.5. The van der Waals surface area contributed by atoms with E-state index in [2.05, 4.69) is 6.92 Å². The largest absolute Gasteiger partial charge is 0.368 e. The second kappa shape index (κ2) is 2.07. The Morgan fingerprint density at radius 3 is 2.50 bits per heavy atom. The van der Waals surface area contributed by atoms with Gasteiger partial charge in [0.15, 0.2) is 6.29 Å². The second-order valence-electron chi connectivity index (χ2n) is 2.51. The fraction of sp³-hybridized carbons (Fsp3) is 1.00. The number of hydrogen-bond donors (Lipinski definition) is 1. The van der Waals surface area contributed by atoms with Gasteiger partial charge in [0.2, 0.25) is 0 Å². The van der Waals surface area contributed by atoms with Gasteiger partial charge in [-0.25, -0.2) is 0 Å². The number of aliphatic hydroxyl groups excluding tert-OH is 1. The van der Waals surface area contributed by atoms with E-state index >= 15 is 0 Å². The minimum atomic E-state index is -0.500. The first-order chi connectivity index (χ1) is 3.70. The van der Waals surface area contributed by atoms with Gasteiger partial charge in [0.25, 0.3) is 0 Å². The fourth-order valence-electron chi connectivity index (χ4n) is 0.947. The molecule has 0 saturated carbocycles. The molecule has 1 aliphatic rings. The van der Waals surface area contributed by atoms with Crippen molar-refractivity contribution in [3.05, 3.63) is 0 Å². The van der Waals surface area contributed by atoms with Gasteiger partial charge in [0.1, 0.15) is 7.85 Å². The molecule has 2 nitrogen and oxygen atoms in total. The molecular formula is C5H11BO2. The summed E-state index contributed by atoms with van der Waals surface area (Å²) >= 11 is 0. The minimum Gasteiger partial charge on any atom is -0.368 e. The lowest BCUT2D eigenvalue weighted by atomic mass is 9.88. The zero-order valence-electron chi connectivity index (χ0n) is 5.29. The van der Waals surface area contributed by atoms with E-state index in [0.29, 0.717) is 5.92 Å². The van der Waals surface area contributed by atoms with Crippen LogP contribution in [-0.2, 0) is 4.74 Å². The van der Waals surface area contributed by atoms with Crippen LogP contribution in [0.1, 0.15) is 13.3 Å². The molecule has 0 radical (unpaired) electrons. The third-order valence-electron chi connectivity index (χ3n) is 1.75. The first-order valence-corrected chi connectivity index (χ1v) is 3.03. The van der Waals surface area contributed by atoms with E-state index < -0.39 is 6.29 Å². The van der Waals surface area contributed by atoms with Gasteiger partial charge in [-0.3, -0.25) is 0 Å². The zero-order valence-corrected chi connectivity index (χ0v) is 5.29. The first-order valence-electron chi connectivity index (χ1n) is 3.03. The SMILES string of the molecule is B[C@@H]1OC(O)C[C@@H]1C. The Morgan fingerprint density at radius 2 is 2.38 bits per heavy atom. The van der Waals surface area contributed by atoms with Gasteiger partial charge >= 0.3 is 0 Å². The molecule has 1 heterocycles. The topological polar surface area (TPSA) is 29.5 Å². The highest BCUT2D eigenvalue weighted by molar-refractivity contribution is 6.11. The Balaban J connectivity index is 2.39. The van der Waals surface area contributed by atoms with Crippen LogP contribution < -0.4 is 0 Å². The average Bonchev–Trinajstić information content (AvgIpc) is 1.85. The summed E-state index contributed by atoms with van der Waals surface area (Å²) in [5, 5.41) is 8.85. The highest BCUT2D eigenvalue weighted by Gasteiger charge is 2.26. The minimum absolute atomic E-state index is 0.241. The van der Waals surface area contributed by atoms with E-state index in [-0.39, 0.29) is 6.00 Å². The molecule has 1 N–H and O–H groups in total. The fourth-order valence-corrected chi connectivity index (χ4v) is 0.947. The molecule has 8 heavy (non-hydrogen) atoms. The summed E-state index contributed by atoms with van der Waals surface area (Å²) in [6.45, 7) is 2.08. The first kappa shape index (κ1) is 6.11. The van der Waals surface area contributed by atoms with Gasteiger partial charge in [-0.1, -0.05) is 6.92 Å². The summed E-state index contributed by atoms with van der Waals surface area (Å²) in [7, 11) is 1.99. The monoisotopic (exact) mass is 114 g/mol. The van der Waals surface area contributed by atoms with Crippen LogP contribution >= 0.6 is 0 Å². The molecule has 3 atom stereocenters. The van der Waals surface area contributed by atoms with Crippen molar-refractivity contribution in [1.82, 2.24) is 0 Å². The standard InChI is InChI=1S/C5H11BO2/c1-3-2-4(7)8-5(3)6/h3-5,7H,2,6H2,1H3/t3-,4?,5+/m0/s1. The Kier molecular flexibility index (Phi) is 1.58. The summed E-state index contributed by atoms with van der Waals surface area (Å²) in [5.41, 5.74) is 0. The molecule has 0 aliphatic carbocycles. The average molecular weight is 114 g/mol. The Labute approximate surface area is 50.3 Å². The van der Waals surface area contributed by atoms with Crippen molar-refractivity contribution in [2.24, 2.45) is 5.92 Å². The lowest BCUT2D eigenvalue weighted by Gasteiger charge is -2.04. The van der Waals surface area contributed by atoms with Crippen LogP contribution in [0, 0.1) is 5.92 Å². The third-order valence-corrected chi connectivity index (χ3v) is 1.75. The molecule has 3 heteroatoms. The van der Waals surface area contributed by atoms with Crippen molar-refractivity contribution in [3.63, 3.8) is 0 Å². The van der Waals surface area contributed by atoms with Crippen molar-refractivity contribution in [2.45, 2.75) is 25.6 Å². The molecule has 1 saturated heterocycles. The highest BCUT2D eigenvalue weighted by atomic mass is 16.6.